The minimum atomic E-state index is -0.183. The molecule has 2 aromatic carbocycles. The van der Waals surface area contributed by atoms with E-state index < -0.39 is 0 Å². The molecule has 1 aliphatic heterocycles. The van der Waals surface area contributed by atoms with E-state index in [2.05, 4.69) is 41.4 Å². The molecule has 1 atom stereocenters. The first-order valence-electron chi connectivity index (χ1n) is 9.62. The highest BCUT2D eigenvalue weighted by molar-refractivity contribution is 6.31. The Bertz CT molecular complexity index is 1000. The van der Waals surface area contributed by atoms with E-state index in [9.17, 15) is 4.79 Å². The van der Waals surface area contributed by atoms with Crippen LogP contribution >= 0.6 is 11.6 Å². The number of hydrogen-bond donors (Lipinski definition) is 1. The Morgan fingerprint density at radius 3 is 2.29 bits per heavy atom. The van der Waals surface area contributed by atoms with E-state index in [0.717, 1.165) is 43.1 Å². The van der Waals surface area contributed by atoms with Gasteiger partial charge in [0.15, 0.2) is 0 Å². The zero-order valence-corrected chi connectivity index (χ0v) is 17.0. The summed E-state index contributed by atoms with van der Waals surface area (Å²) in [7, 11) is 1.92. The van der Waals surface area contributed by atoms with Crippen molar-refractivity contribution in [2.45, 2.75) is 13.0 Å². The Labute approximate surface area is 170 Å². The summed E-state index contributed by atoms with van der Waals surface area (Å²) in [4.78, 5) is 15.5. The van der Waals surface area contributed by atoms with Gasteiger partial charge >= 0.3 is 0 Å². The van der Waals surface area contributed by atoms with Crippen LogP contribution in [0.4, 0.5) is 0 Å². The molecule has 1 N–H and O–H groups in total. The monoisotopic (exact) mass is 396 g/mol. The quantitative estimate of drug-likeness (QED) is 0.736. The molecule has 0 amide bonds. The van der Waals surface area contributed by atoms with Gasteiger partial charge in [0.1, 0.15) is 5.02 Å². The molecule has 1 aromatic heterocycles. The standard InChI is InChI=1S/C22H25ClN4O/c1-16-8-10-17(11-9-16)20(26-14-12-24-13-15-26)21-19(23)22(28)27(25(21)2)18-6-4-3-5-7-18/h3-11,20,24H,12-15H2,1-2H3. The summed E-state index contributed by atoms with van der Waals surface area (Å²) in [6.07, 6.45) is 0. The van der Waals surface area contributed by atoms with Crippen LogP contribution < -0.4 is 10.9 Å². The fraction of sp³-hybridized carbons (Fsp3) is 0.318. The first kappa shape index (κ1) is 19.0. The van der Waals surface area contributed by atoms with Gasteiger partial charge in [0, 0.05) is 33.2 Å². The highest BCUT2D eigenvalue weighted by atomic mass is 35.5. The highest BCUT2D eigenvalue weighted by Gasteiger charge is 2.31. The number of rotatable bonds is 4. The third-order valence-corrected chi connectivity index (χ3v) is 5.78. The van der Waals surface area contributed by atoms with Gasteiger partial charge in [-0.2, -0.15) is 0 Å². The first-order valence-corrected chi connectivity index (χ1v) is 10.00. The Kier molecular flexibility index (Phi) is 5.40. The normalized spacial score (nSPS) is 16.2. The van der Waals surface area contributed by atoms with Crippen LogP contribution in [0.15, 0.2) is 59.4 Å². The maximum atomic E-state index is 13.1. The van der Waals surface area contributed by atoms with Crippen molar-refractivity contribution >= 4 is 11.6 Å². The molecule has 1 fully saturated rings. The molecular weight excluding hydrogens is 372 g/mol. The van der Waals surface area contributed by atoms with Crippen LogP contribution in [0.5, 0.6) is 0 Å². The molecule has 1 unspecified atom stereocenters. The molecule has 1 aliphatic rings. The Morgan fingerprint density at radius 1 is 1.00 bits per heavy atom. The zero-order chi connectivity index (χ0) is 19.7. The van der Waals surface area contributed by atoms with Crippen molar-refractivity contribution in [2.75, 3.05) is 26.2 Å². The SMILES string of the molecule is Cc1ccc(C(c2c(Cl)c(=O)n(-c3ccccc3)n2C)N2CCNCC2)cc1. The summed E-state index contributed by atoms with van der Waals surface area (Å²) in [6, 6.07) is 18.1. The van der Waals surface area contributed by atoms with Crippen LogP contribution in [0.25, 0.3) is 5.69 Å². The second-order valence-corrected chi connectivity index (χ2v) is 7.65. The molecule has 2 heterocycles. The molecule has 4 rings (SSSR count). The van der Waals surface area contributed by atoms with E-state index in [1.807, 2.05) is 42.1 Å². The van der Waals surface area contributed by atoms with Crippen molar-refractivity contribution in [3.8, 4) is 5.69 Å². The molecule has 3 aromatic rings. The van der Waals surface area contributed by atoms with Crippen LogP contribution in [0.3, 0.4) is 0 Å². The van der Waals surface area contributed by atoms with Crippen molar-refractivity contribution in [3.63, 3.8) is 0 Å². The van der Waals surface area contributed by atoms with Gasteiger partial charge in [-0.25, -0.2) is 4.68 Å². The lowest BCUT2D eigenvalue weighted by Crippen LogP contribution is -2.46. The van der Waals surface area contributed by atoms with Crippen molar-refractivity contribution in [3.05, 3.63) is 86.8 Å². The average molecular weight is 397 g/mol. The molecule has 5 nitrogen and oxygen atoms in total. The van der Waals surface area contributed by atoms with E-state index in [-0.39, 0.29) is 16.6 Å². The van der Waals surface area contributed by atoms with E-state index >= 15 is 0 Å². The van der Waals surface area contributed by atoms with E-state index in [1.54, 1.807) is 4.68 Å². The van der Waals surface area contributed by atoms with Crippen molar-refractivity contribution < 1.29 is 0 Å². The van der Waals surface area contributed by atoms with Crippen molar-refractivity contribution in [2.24, 2.45) is 7.05 Å². The number of benzene rings is 2. The number of halogens is 1. The molecule has 0 spiro atoms. The predicted molar refractivity (Wildman–Crippen MR) is 113 cm³/mol. The van der Waals surface area contributed by atoms with Crippen molar-refractivity contribution in [1.29, 1.82) is 0 Å². The smallest absolute Gasteiger partial charge is 0.290 e. The van der Waals surface area contributed by atoms with Gasteiger partial charge in [-0.1, -0.05) is 59.6 Å². The molecule has 28 heavy (non-hydrogen) atoms. The topological polar surface area (TPSA) is 42.2 Å². The molecule has 0 radical (unpaired) electrons. The van der Waals surface area contributed by atoms with Crippen LogP contribution in [0, 0.1) is 6.92 Å². The second-order valence-electron chi connectivity index (χ2n) is 7.27. The number of hydrogen-bond acceptors (Lipinski definition) is 3. The molecule has 0 bridgehead atoms. The third kappa shape index (κ3) is 3.41. The molecule has 1 saturated heterocycles. The van der Waals surface area contributed by atoms with Gasteiger partial charge < -0.3 is 5.32 Å². The number of aromatic nitrogens is 2. The van der Waals surface area contributed by atoms with Gasteiger partial charge in [0.05, 0.1) is 17.4 Å². The van der Waals surface area contributed by atoms with Crippen LogP contribution in [-0.2, 0) is 7.05 Å². The average Bonchev–Trinajstić information content (AvgIpc) is 2.94. The van der Waals surface area contributed by atoms with Gasteiger partial charge in [0.25, 0.3) is 5.56 Å². The summed E-state index contributed by atoms with van der Waals surface area (Å²) in [5.41, 5.74) is 3.82. The fourth-order valence-corrected chi connectivity index (χ4v) is 4.28. The van der Waals surface area contributed by atoms with Gasteiger partial charge in [0.2, 0.25) is 0 Å². The van der Waals surface area contributed by atoms with Crippen LogP contribution in [0.1, 0.15) is 22.9 Å². The van der Waals surface area contributed by atoms with Crippen molar-refractivity contribution in [1.82, 2.24) is 19.6 Å². The van der Waals surface area contributed by atoms with E-state index in [1.165, 1.54) is 5.56 Å². The molecule has 0 aliphatic carbocycles. The van der Waals surface area contributed by atoms with Gasteiger partial charge in [-0.3, -0.25) is 14.4 Å². The lowest BCUT2D eigenvalue weighted by molar-refractivity contribution is 0.191. The van der Waals surface area contributed by atoms with Gasteiger partial charge in [-0.15, -0.1) is 0 Å². The first-order chi connectivity index (χ1) is 13.6. The Hall–Kier alpha value is -2.34. The lowest BCUT2D eigenvalue weighted by atomic mass is 9.99. The van der Waals surface area contributed by atoms with E-state index in [4.69, 9.17) is 11.6 Å². The number of nitrogens with zero attached hydrogens (tertiary/aromatic N) is 3. The summed E-state index contributed by atoms with van der Waals surface area (Å²) in [5, 5.41) is 3.69. The number of para-hydroxylation sites is 1. The molecule has 0 saturated carbocycles. The summed E-state index contributed by atoms with van der Waals surface area (Å²) < 4.78 is 3.56. The van der Waals surface area contributed by atoms with Gasteiger partial charge in [-0.05, 0) is 24.6 Å². The number of aryl methyl sites for hydroxylation is 1. The maximum Gasteiger partial charge on any atom is 0.290 e. The zero-order valence-electron chi connectivity index (χ0n) is 16.2. The van der Waals surface area contributed by atoms with Crippen LogP contribution in [-0.4, -0.2) is 40.4 Å². The Balaban J connectivity index is 1.89. The molecular formula is C22H25ClN4O. The predicted octanol–water partition coefficient (Wildman–Crippen LogP) is 3.13. The number of nitrogens with one attached hydrogen (secondary N) is 1. The minimum Gasteiger partial charge on any atom is -0.314 e. The fourth-order valence-electron chi connectivity index (χ4n) is 3.98. The molecule has 146 valence electrons. The van der Waals surface area contributed by atoms with E-state index in [0.29, 0.717) is 0 Å². The summed E-state index contributed by atoms with van der Waals surface area (Å²) in [5.74, 6) is 0. The molecule has 6 heteroatoms. The summed E-state index contributed by atoms with van der Waals surface area (Å²) in [6.45, 7) is 5.73. The lowest BCUT2D eigenvalue weighted by Gasteiger charge is -2.35. The second kappa shape index (κ2) is 7.95. The van der Waals surface area contributed by atoms with Crippen LogP contribution in [0.2, 0.25) is 5.02 Å². The third-order valence-electron chi connectivity index (χ3n) is 5.42. The number of piperazine rings is 1. The highest BCUT2D eigenvalue weighted by Crippen LogP contribution is 2.33. The largest absolute Gasteiger partial charge is 0.314 e. The minimum absolute atomic E-state index is 0.0714. The summed E-state index contributed by atoms with van der Waals surface area (Å²) >= 11 is 6.67. The maximum absolute atomic E-state index is 13.1. The Morgan fingerprint density at radius 2 is 1.64 bits per heavy atom.